The number of allylic oxidation sites excluding steroid dienone is 3. The average Bonchev–Trinajstić information content (AvgIpc) is 3.12. The highest BCUT2D eigenvalue weighted by Crippen LogP contribution is 2.37. The molecule has 1 amide bonds. The van der Waals surface area contributed by atoms with E-state index in [1.165, 1.54) is 19.1 Å². The number of nitrogens with zero attached hydrogens (tertiary/aromatic N) is 2. The summed E-state index contributed by atoms with van der Waals surface area (Å²) in [5.74, 6) is -0.114. The van der Waals surface area contributed by atoms with Gasteiger partial charge in [0.15, 0.2) is 15.0 Å². The van der Waals surface area contributed by atoms with Crippen LogP contribution in [0.3, 0.4) is 0 Å². The Kier molecular flexibility index (Phi) is 10.1. The van der Waals surface area contributed by atoms with Crippen LogP contribution in [-0.2, 0) is 14.6 Å². The Morgan fingerprint density at radius 1 is 1.30 bits per heavy atom. The highest BCUT2D eigenvalue weighted by Gasteiger charge is 2.33. The molecule has 0 saturated carbocycles. The predicted octanol–water partition coefficient (Wildman–Crippen LogP) is 5.25. The molecule has 30 heavy (non-hydrogen) atoms. The number of thiazole rings is 1. The van der Waals surface area contributed by atoms with Crippen LogP contribution in [0.5, 0.6) is 0 Å². The van der Waals surface area contributed by atoms with Crippen molar-refractivity contribution in [2.24, 2.45) is 0 Å². The zero-order chi connectivity index (χ0) is 22.9. The molecule has 0 bridgehead atoms. The summed E-state index contributed by atoms with van der Waals surface area (Å²) in [7, 11) is -3.74. The maximum absolute atomic E-state index is 13.0. The Labute approximate surface area is 187 Å². The fourth-order valence-electron chi connectivity index (χ4n) is 2.35. The Morgan fingerprint density at radius 2 is 1.97 bits per heavy atom. The van der Waals surface area contributed by atoms with E-state index in [9.17, 15) is 13.2 Å². The van der Waals surface area contributed by atoms with Gasteiger partial charge in [-0.15, -0.1) is 0 Å². The van der Waals surface area contributed by atoms with Crippen LogP contribution in [0.25, 0.3) is 0 Å². The Balaban J connectivity index is 0.000000539. The van der Waals surface area contributed by atoms with Crippen LogP contribution in [0.4, 0.5) is 5.13 Å². The largest absolute Gasteiger partial charge is 0.305 e. The first-order valence-electron chi connectivity index (χ1n) is 9.06. The molecule has 0 aromatic carbocycles. The molecule has 2 aromatic rings. The van der Waals surface area contributed by atoms with Gasteiger partial charge >= 0.3 is 0 Å². The molecule has 2 heterocycles. The third kappa shape index (κ3) is 6.90. The third-order valence-corrected chi connectivity index (χ3v) is 7.81. The molecule has 1 unspecified atom stereocenters. The van der Waals surface area contributed by atoms with Crippen LogP contribution in [0.2, 0.25) is 0 Å². The quantitative estimate of drug-likeness (QED) is 0.423. The summed E-state index contributed by atoms with van der Waals surface area (Å²) in [6.45, 7) is 14.4. The van der Waals surface area contributed by atoms with E-state index in [-0.39, 0.29) is 20.3 Å². The van der Waals surface area contributed by atoms with Crippen LogP contribution in [0, 0.1) is 6.92 Å². The molecule has 0 fully saturated rings. The molecule has 0 spiro atoms. The number of hydrogen-bond donors (Lipinski definition) is 1. The molecule has 6 nitrogen and oxygen atoms in total. The van der Waals surface area contributed by atoms with Crippen LogP contribution >= 0.6 is 22.9 Å². The van der Waals surface area contributed by atoms with Gasteiger partial charge in [0.05, 0.1) is 10.9 Å². The molecule has 0 aliphatic heterocycles. The van der Waals surface area contributed by atoms with Crippen LogP contribution < -0.4 is 5.32 Å². The molecule has 2 rings (SSSR count). The molecule has 9 heteroatoms. The number of aryl methyl sites for hydroxylation is 1. The molecule has 2 aromatic heterocycles. The maximum atomic E-state index is 13.0. The first kappa shape index (κ1) is 25.7. The summed E-state index contributed by atoms with van der Waals surface area (Å²) < 4.78 is 26.1. The molecular formula is C21H26ClN3O3S2. The van der Waals surface area contributed by atoms with Crippen molar-refractivity contribution in [2.45, 2.75) is 43.1 Å². The number of sulfone groups is 1. The SMILES string of the molecule is C=C/C=C(\C(=C)Cl)C(C)S(=O)(=O)c1sc(NC=O)nc1C(C)C.Cc1ccccn1. The molecule has 1 atom stereocenters. The summed E-state index contributed by atoms with van der Waals surface area (Å²) >= 11 is 6.85. The zero-order valence-electron chi connectivity index (χ0n) is 17.4. The number of carbonyl (C=O) groups is 1. The van der Waals surface area contributed by atoms with Gasteiger partial charge in [0.2, 0.25) is 6.41 Å². The molecular weight excluding hydrogens is 442 g/mol. The Hall–Kier alpha value is -2.29. The van der Waals surface area contributed by atoms with E-state index in [1.807, 2.05) is 39.0 Å². The van der Waals surface area contributed by atoms with Crippen LogP contribution in [0.1, 0.15) is 38.1 Å². The van der Waals surface area contributed by atoms with E-state index < -0.39 is 15.1 Å². The minimum absolute atomic E-state index is 0.114. The third-order valence-electron chi connectivity index (χ3n) is 3.94. The molecule has 0 saturated heterocycles. The lowest BCUT2D eigenvalue weighted by Gasteiger charge is -2.16. The molecule has 0 aliphatic rings. The zero-order valence-corrected chi connectivity index (χ0v) is 19.8. The molecule has 0 aliphatic carbocycles. The fraction of sp³-hybridized carbons (Fsp3) is 0.286. The van der Waals surface area contributed by atoms with Gasteiger partial charge in [0.25, 0.3) is 0 Å². The highest BCUT2D eigenvalue weighted by atomic mass is 35.5. The van der Waals surface area contributed by atoms with Crippen molar-refractivity contribution in [3.05, 3.63) is 71.7 Å². The van der Waals surface area contributed by atoms with Gasteiger partial charge in [-0.2, -0.15) is 0 Å². The van der Waals surface area contributed by atoms with Crippen molar-refractivity contribution in [2.75, 3.05) is 5.32 Å². The van der Waals surface area contributed by atoms with Gasteiger partial charge < -0.3 is 5.32 Å². The summed E-state index contributed by atoms with van der Waals surface area (Å²) in [5, 5.41) is 1.88. The van der Waals surface area contributed by atoms with Crippen molar-refractivity contribution >= 4 is 44.3 Å². The second-order valence-electron chi connectivity index (χ2n) is 6.53. The minimum atomic E-state index is -3.74. The lowest BCUT2D eigenvalue weighted by atomic mass is 10.2. The standard InChI is InChI=1S/C15H19ClN2O3S2.C6H7N/c1-6-7-12(10(4)16)11(5)23(20,21)14-13(9(2)3)18-15(22-14)17-8-19;1-6-4-2-3-5-7-6/h6-9,11H,1,4H2,2-3,5H3,(H,17,18,19);2-5H,1H3/b12-7+;. The second-order valence-corrected chi connectivity index (χ2v) is 10.4. The molecule has 0 radical (unpaired) electrons. The van der Waals surface area contributed by atoms with Crippen molar-refractivity contribution in [1.82, 2.24) is 9.97 Å². The number of carbonyl (C=O) groups excluding carboxylic acids is 1. The van der Waals surface area contributed by atoms with E-state index in [1.54, 1.807) is 6.20 Å². The van der Waals surface area contributed by atoms with E-state index in [0.29, 0.717) is 17.7 Å². The topological polar surface area (TPSA) is 89.0 Å². The van der Waals surface area contributed by atoms with E-state index in [2.05, 4.69) is 28.4 Å². The van der Waals surface area contributed by atoms with E-state index in [4.69, 9.17) is 11.6 Å². The number of anilines is 1. The van der Waals surface area contributed by atoms with Gasteiger partial charge in [-0.25, -0.2) is 13.4 Å². The monoisotopic (exact) mass is 467 g/mol. The van der Waals surface area contributed by atoms with Crippen molar-refractivity contribution in [3.63, 3.8) is 0 Å². The fourth-order valence-corrected chi connectivity index (χ4v) is 6.04. The molecule has 162 valence electrons. The number of aromatic nitrogens is 2. The van der Waals surface area contributed by atoms with Crippen LogP contribution in [-0.4, -0.2) is 30.0 Å². The van der Waals surface area contributed by atoms with Crippen molar-refractivity contribution < 1.29 is 13.2 Å². The van der Waals surface area contributed by atoms with Gasteiger partial charge in [-0.1, -0.05) is 68.2 Å². The average molecular weight is 468 g/mol. The van der Waals surface area contributed by atoms with Crippen molar-refractivity contribution in [3.8, 4) is 0 Å². The van der Waals surface area contributed by atoms with Gasteiger partial charge in [-0.05, 0) is 37.5 Å². The van der Waals surface area contributed by atoms with Gasteiger partial charge in [-0.3, -0.25) is 9.78 Å². The number of pyridine rings is 1. The first-order valence-corrected chi connectivity index (χ1v) is 11.8. The molecule has 1 N–H and O–H groups in total. The summed E-state index contributed by atoms with van der Waals surface area (Å²) in [6.07, 6.45) is 5.24. The smallest absolute Gasteiger partial charge is 0.213 e. The van der Waals surface area contributed by atoms with Crippen LogP contribution in [0.15, 0.2) is 64.5 Å². The van der Waals surface area contributed by atoms with Crippen molar-refractivity contribution in [1.29, 1.82) is 0 Å². The Bertz CT molecular complexity index is 1010. The van der Waals surface area contributed by atoms with Gasteiger partial charge in [0.1, 0.15) is 4.21 Å². The van der Waals surface area contributed by atoms with Gasteiger partial charge in [0, 0.05) is 16.9 Å². The maximum Gasteiger partial charge on any atom is 0.213 e. The summed E-state index contributed by atoms with van der Waals surface area (Å²) in [5.41, 5.74) is 1.86. The highest BCUT2D eigenvalue weighted by molar-refractivity contribution is 7.94. The second kappa shape index (κ2) is 11.8. The summed E-state index contributed by atoms with van der Waals surface area (Å²) in [6, 6.07) is 5.86. The lowest BCUT2D eigenvalue weighted by Crippen LogP contribution is -2.21. The summed E-state index contributed by atoms with van der Waals surface area (Å²) in [4.78, 5) is 18.8. The lowest BCUT2D eigenvalue weighted by molar-refractivity contribution is -0.105. The van der Waals surface area contributed by atoms with E-state index >= 15 is 0 Å². The van der Waals surface area contributed by atoms with E-state index in [0.717, 1.165) is 17.0 Å². The number of rotatable bonds is 8. The normalized spacial score (nSPS) is 12.5. The number of amides is 1. The predicted molar refractivity (Wildman–Crippen MR) is 125 cm³/mol. The Morgan fingerprint density at radius 3 is 2.37 bits per heavy atom. The number of nitrogens with one attached hydrogen (secondary N) is 1. The number of halogens is 1. The first-order chi connectivity index (χ1) is 14.1. The minimum Gasteiger partial charge on any atom is -0.305 e. The number of hydrogen-bond acceptors (Lipinski definition) is 6.